The van der Waals surface area contributed by atoms with Crippen molar-refractivity contribution in [2.45, 2.75) is 6.92 Å². The van der Waals surface area contributed by atoms with Gasteiger partial charge in [0.05, 0.1) is 7.11 Å². The van der Waals surface area contributed by atoms with Crippen molar-refractivity contribution in [3.05, 3.63) is 41.7 Å². The molecule has 0 saturated carbocycles. The van der Waals surface area contributed by atoms with E-state index >= 15 is 0 Å². The van der Waals surface area contributed by atoms with Gasteiger partial charge in [0, 0.05) is 6.20 Å². The Hall–Kier alpha value is -2.61. The molecular weight excluding hydrogens is 230 g/mol. The molecule has 0 bridgehead atoms. The lowest BCUT2D eigenvalue weighted by molar-refractivity contribution is 0.367. The summed E-state index contributed by atoms with van der Waals surface area (Å²) in [6.45, 7) is 1.96. The van der Waals surface area contributed by atoms with Gasteiger partial charge < -0.3 is 9.47 Å². The minimum absolute atomic E-state index is 0.121. The molecule has 1 aromatic carbocycles. The van der Waals surface area contributed by atoms with E-state index in [0.717, 1.165) is 5.56 Å². The highest BCUT2D eigenvalue weighted by atomic mass is 16.5. The average Bonchev–Trinajstić information content (AvgIpc) is 2.41. The van der Waals surface area contributed by atoms with Crippen LogP contribution in [0.15, 0.2) is 30.5 Å². The molecule has 0 atom stereocenters. The predicted octanol–water partition coefficient (Wildman–Crippen LogP) is 2.46. The van der Waals surface area contributed by atoms with Crippen molar-refractivity contribution in [2.75, 3.05) is 7.11 Å². The summed E-state index contributed by atoms with van der Waals surface area (Å²) in [5, 5.41) is 8.74. The molecular formula is C13H11N3O2. The maximum atomic E-state index is 8.74. The highest BCUT2D eigenvalue weighted by molar-refractivity contribution is 5.43. The van der Waals surface area contributed by atoms with Crippen LogP contribution in [-0.2, 0) is 0 Å². The first-order valence-corrected chi connectivity index (χ1v) is 5.28. The Morgan fingerprint density at radius 3 is 2.78 bits per heavy atom. The summed E-state index contributed by atoms with van der Waals surface area (Å²) < 4.78 is 10.7. The third kappa shape index (κ3) is 2.55. The van der Waals surface area contributed by atoms with Crippen LogP contribution in [0, 0.1) is 18.3 Å². The number of hydrogen-bond acceptors (Lipinski definition) is 5. The Bertz CT molecular complexity index is 605. The highest BCUT2D eigenvalue weighted by Gasteiger charge is 2.08. The van der Waals surface area contributed by atoms with Crippen molar-refractivity contribution in [3.63, 3.8) is 0 Å². The van der Waals surface area contributed by atoms with Crippen molar-refractivity contribution in [3.8, 4) is 23.6 Å². The molecule has 1 aromatic heterocycles. The monoisotopic (exact) mass is 241 g/mol. The number of ether oxygens (including phenoxy) is 2. The molecule has 90 valence electrons. The van der Waals surface area contributed by atoms with Crippen LogP contribution < -0.4 is 9.47 Å². The van der Waals surface area contributed by atoms with Crippen LogP contribution in [0.5, 0.6) is 17.5 Å². The minimum atomic E-state index is 0.121. The Kier molecular flexibility index (Phi) is 3.39. The number of aryl methyl sites for hydroxylation is 1. The lowest BCUT2D eigenvalue weighted by Gasteiger charge is -2.09. The van der Waals surface area contributed by atoms with E-state index in [1.165, 1.54) is 12.3 Å². The fourth-order valence-electron chi connectivity index (χ4n) is 1.41. The number of hydrogen-bond donors (Lipinski definition) is 0. The maximum absolute atomic E-state index is 8.74. The predicted molar refractivity (Wildman–Crippen MR) is 64.6 cm³/mol. The molecule has 0 aliphatic rings. The highest BCUT2D eigenvalue weighted by Crippen LogP contribution is 2.30. The van der Waals surface area contributed by atoms with Crippen LogP contribution in [0.4, 0.5) is 0 Å². The largest absolute Gasteiger partial charge is 0.493 e. The molecule has 0 aliphatic carbocycles. The molecule has 0 spiro atoms. The lowest BCUT2D eigenvalue weighted by Crippen LogP contribution is -1.96. The zero-order valence-electron chi connectivity index (χ0n) is 10.0. The number of methoxy groups -OCH3 is 1. The van der Waals surface area contributed by atoms with Crippen molar-refractivity contribution in [1.82, 2.24) is 9.97 Å². The van der Waals surface area contributed by atoms with E-state index in [2.05, 4.69) is 9.97 Å². The van der Waals surface area contributed by atoms with Crippen LogP contribution in [0.3, 0.4) is 0 Å². The molecule has 0 radical (unpaired) electrons. The van der Waals surface area contributed by atoms with Crippen molar-refractivity contribution < 1.29 is 9.47 Å². The lowest BCUT2D eigenvalue weighted by atomic mass is 10.2. The molecule has 0 fully saturated rings. The van der Waals surface area contributed by atoms with E-state index in [0.29, 0.717) is 11.5 Å². The second kappa shape index (κ2) is 5.15. The molecule has 2 rings (SSSR count). The summed E-state index contributed by atoms with van der Waals surface area (Å²) in [6, 6.07) is 9.08. The summed E-state index contributed by atoms with van der Waals surface area (Å²) in [6.07, 6.45) is 1.47. The standard InChI is InChI=1S/C13H11N3O2/c1-9-3-4-11(12(7-9)17-2)18-13-15-6-5-10(8-14)16-13/h3-7H,1-2H3. The number of rotatable bonds is 3. The number of aromatic nitrogens is 2. The van der Waals surface area contributed by atoms with Gasteiger partial charge in [-0.2, -0.15) is 10.2 Å². The Morgan fingerprint density at radius 2 is 2.06 bits per heavy atom. The second-order valence-corrected chi connectivity index (χ2v) is 3.59. The fourth-order valence-corrected chi connectivity index (χ4v) is 1.41. The van der Waals surface area contributed by atoms with Gasteiger partial charge in [-0.3, -0.25) is 0 Å². The number of nitrogens with zero attached hydrogens (tertiary/aromatic N) is 3. The van der Waals surface area contributed by atoms with E-state index in [4.69, 9.17) is 14.7 Å². The van der Waals surface area contributed by atoms with Crippen LogP contribution >= 0.6 is 0 Å². The molecule has 18 heavy (non-hydrogen) atoms. The van der Waals surface area contributed by atoms with E-state index in [1.807, 2.05) is 25.1 Å². The number of benzene rings is 1. The normalized spacial score (nSPS) is 9.61. The van der Waals surface area contributed by atoms with E-state index < -0.39 is 0 Å². The zero-order chi connectivity index (χ0) is 13.0. The molecule has 0 N–H and O–H groups in total. The van der Waals surface area contributed by atoms with Gasteiger partial charge in [-0.1, -0.05) is 6.07 Å². The Morgan fingerprint density at radius 1 is 1.22 bits per heavy atom. The molecule has 5 nitrogen and oxygen atoms in total. The van der Waals surface area contributed by atoms with E-state index in [9.17, 15) is 0 Å². The summed E-state index contributed by atoms with van der Waals surface area (Å²) in [5.41, 5.74) is 1.32. The van der Waals surface area contributed by atoms with Gasteiger partial charge in [0.1, 0.15) is 11.8 Å². The molecule has 1 heterocycles. The van der Waals surface area contributed by atoms with Gasteiger partial charge in [-0.15, -0.1) is 0 Å². The zero-order valence-corrected chi connectivity index (χ0v) is 10.0. The Labute approximate surface area is 105 Å². The first kappa shape index (κ1) is 11.9. The van der Waals surface area contributed by atoms with Crippen LogP contribution in [0.2, 0.25) is 0 Å². The van der Waals surface area contributed by atoms with Crippen molar-refractivity contribution in [1.29, 1.82) is 5.26 Å². The van der Waals surface area contributed by atoms with Crippen LogP contribution in [0.25, 0.3) is 0 Å². The molecule has 2 aromatic rings. The first-order chi connectivity index (χ1) is 8.72. The summed E-state index contributed by atoms with van der Waals surface area (Å²) in [7, 11) is 1.56. The van der Waals surface area contributed by atoms with Crippen molar-refractivity contribution >= 4 is 0 Å². The molecule has 0 saturated heterocycles. The third-order valence-electron chi connectivity index (χ3n) is 2.27. The summed E-state index contributed by atoms with van der Waals surface area (Å²) in [4.78, 5) is 7.87. The number of nitriles is 1. The fraction of sp³-hybridized carbons (Fsp3) is 0.154. The van der Waals surface area contributed by atoms with Gasteiger partial charge in [0.2, 0.25) is 0 Å². The SMILES string of the molecule is COc1cc(C)ccc1Oc1nccc(C#N)n1. The van der Waals surface area contributed by atoms with Crippen LogP contribution in [0.1, 0.15) is 11.3 Å². The van der Waals surface area contributed by atoms with Gasteiger partial charge in [0.15, 0.2) is 11.5 Å². The van der Waals surface area contributed by atoms with Crippen molar-refractivity contribution in [2.24, 2.45) is 0 Å². The van der Waals surface area contributed by atoms with E-state index in [-0.39, 0.29) is 11.7 Å². The quantitative estimate of drug-likeness (QED) is 0.825. The maximum Gasteiger partial charge on any atom is 0.323 e. The molecule has 5 heteroatoms. The smallest absolute Gasteiger partial charge is 0.323 e. The summed E-state index contributed by atoms with van der Waals surface area (Å²) in [5.74, 6) is 1.11. The van der Waals surface area contributed by atoms with Gasteiger partial charge in [0.25, 0.3) is 0 Å². The van der Waals surface area contributed by atoms with Gasteiger partial charge in [-0.25, -0.2) is 4.98 Å². The summed E-state index contributed by atoms with van der Waals surface area (Å²) >= 11 is 0. The topological polar surface area (TPSA) is 68.0 Å². The first-order valence-electron chi connectivity index (χ1n) is 5.28. The van der Waals surface area contributed by atoms with Gasteiger partial charge in [-0.05, 0) is 30.7 Å². The molecule has 0 unspecified atom stereocenters. The average molecular weight is 241 g/mol. The van der Waals surface area contributed by atoms with E-state index in [1.54, 1.807) is 13.2 Å². The third-order valence-corrected chi connectivity index (χ3v) is 2.27. The van der Waals surface area contributed by atoms with Crippen LogP contribution in [-0.4, -0.2) is 17.1 Å². The Balaban J connectivity index is 2.31. The minimum Gasteiger partial charge on any atom is -0.493 e. The molecule has 0 aliphatic heterocycles. The molecule has 0 amide bonds. The van der Waals surface area contributed by atoms with Gasteiger partial charge >= 0.3 is 6.01 Å². The second-order valence-electron chi connectivity index (χ2n) is 3.59.